The summed E-state index contributed by atoms with van der Waals surface area (Å²) in [5.74, 6) is 0.492. The summed E-state index contributed by atoms with van der Waals surface area (Å²) in [6, 6.07) is 12.9. The molecule has 1 N–H and O–H groups in total. The van der Waals surface area contributed by atoms with Crippen LogP contribution in [0.2, 0.25) is 0 Å². The number of thioether (sulfide) groups is 1. The number of ether oxygens (including phenoxy) is 1. The fraction of sp³-hybridized carbons (Fsp3) is 0.211. The monoisotopic (exact) mass is 387 g/mol. The van der Waals surface area contributed by atoms with Gasteiger partial charge in [-0.2, -0.15) is 0 Å². The predicted octanol–water partition coefficient (Wildman–Crippen LogP) is 4.39. The van der Waals surface area contributed by atoms with Crippen LogP contribution in [0.5, 0.6) is 5.75 Å². The number of nitrogens with one attached hydrogen (secondary N) is 1. The Morgan fingerprint density at radius 1 is 1.19 bits per heavy atom. The van der Waals surface area contributed by atoms with E-state index in [-0.39, 0.29) is 22.8 Å². The average Bonchev–Trinajstić information content (AvgIpc) is 3.12. The largest absolute Gasteiger partial charge is 0.494 e. The lowest BCUT2D eigenvalue weighted by Crippen LogP contribution is -2.22. The van der Waals surface area contributed by atoms with Gasteiger partial charge in [0, 0.05) is 11.3 Å². The van der Waals surface area contributed by atoms with Crippen LogP contribution in [0.3, 0.4) is 0 Å². The van der Waals surface area contributed by atoms with Crippen molar-refractivity contribution in [2.75, 3.05) is 11.9 Å². The van der Waals surface area contributed by atoms with E-state index in [1.165, 1.54) is 12.1 Å². The zero-order valence-corrected chi connectivity index (χ0v) is 15.6. The number of rotatable bonds is 7. The van der Waals surface area contributed by atoms with Crippen molar-refractivity contribution in [1.82, 2.24) is 10.2 Å². The number of carbonyl (C=O) groups is 1. The van der Waals surface area contributed by atoms with E-state index in [0.29, 0.717) is 17.9 Å². The second-order valence-electron chi connectivity index (χ2n) is 5.59. The van der Waals surface area contributed by atoms with Gasteiger partial charge in [0.15, 0.2) is 0 Å². The molecule has 6 nitrogen and oxygen atoms in total. The van der Waals surface area contributed by atoms with Gasteiger partial charge < -0.3 is 14.5 Å². The molecular formula is C19H18FN3O3S. The lowest BCUT2D eigenvalue weighted by molar-refractivity contribution is -0.115. The molecule has 1 atom stereocenters. The Hall–Kier alpha value is -2.87. The number of carbonyl (C=O) groups excluding carboxylic acids is 1. The van der Waals surface area contributed by atoms with Gasteiger partial charge in [-0.1, -0.05) is 11.8 Å². The molecule has 0 aliphatic heterocycles. The molecule has 0 unspecified atom stereocenters. The van der Waals surface area contributed by atoms with Crippen LogP contribution >= 0.6 is 11.8 Å². The number of anilines is 1. The molecule has 27 heavy (non-hydrogen) atoms. The highest BCUT2D eigenvalue weighted by Crippen LogP contribution is 2.27. The summed E-state index contributed by atoms with van der Waals surface area (Å²) in [6.07, 6.45) is 0. The molecule has 0 aliphatic rings. The Kier molecular flexibility index (Phi) is 6.08. The second-order valence-corrected chi connectivity index (χ2v) is 6.88. The third-order valence-corrected chi connectivity index (χ3v) is 4.51. The van der Waals surface area contributed by atoms with Crippen LogP contribution in [0.25, 0.3) is 11.5 Å². The third-order valence-electron chi connectivity index (χ3n) is 3.58. The van der Waals surface area contributed by atoms with Crippen molar-refractivity contribution >= 4 is 23.4 Å². The summed E-state index contributed by atoms with van der Waals surface area (Å²) in [4.78, 5) is 12.3. The Bertz CT molecular complexity index is 897. The minimum absolute atomic E-state index is 0.189. The van der Waals surface area contributed by atoms with E-state index in [9.17, 15) is 9.18 Å². The first kappa shape index (κ1) is 18.9. The number of aromatic nitrogens is 2. The summed E-state index contributed by atoms with van der Waals surface area (Å²) in [6.45, 7) is 4.24. The Balaban J connectivity index is 1.58. The molecule has 1 heterocycles. The zero-order chi connectivity index (χ0) is 19.2. The molecular weight excluding hydrogens is 369 g/mol. The first-order chi connectivity index (χ1) is 13.0. The first-order valence-electron chi connectivity index (χ1n) is 8.35. The predicted molar refractivity (Wildman–Crippen MR) is 101 cm³/mol. The maximum Gasteiger partial charge on any atom is 0.277 e. The number of hydrogen-bond acceptors (Lipinski definition) is 6. The average molecular weight is 387 g/mol. The quantitative estimate of drug-likeness (QED) is 0.606. The van der Waals surface area contributed by atoms with E-state index >= 15 is 0 Å². The molecule has 3 rings (SSSR count). The molecule has 140 valence electrons. The highest BCUT2D eigenvalue weighted by Gasteiger charge is 2.19. The normalized spacial score (nSPS) is 11.8. The number of halogens is 1. The van der Waals surface area contributed by atoms with Crippen LogP contribution in [0.4, 0.5) is 10.1 Å². The van der Waals surface area contributed by atoms with Gasteiger partial charge in [0.05, 0.1) is 11.9 Å². The molecule has 0 spiro atoms. The lowest BCUT2D eigenvalue weighted by Gasteiger charge is -2.10. The number of benzene rings is 2. The highest BCUT2D eigenvalue weighted by atomic mass is 32.2. The standard InChI is InChI=1S/C19H18FN3O3S/c1-3-25-16-10-8-15(9-11-16)21-17(24)12(2)27-19-23-22-18(26-19)13-4-6-14(20)7-5-13/h4-12H,3H2,1-2H3,(H,21,24)/t12-/m1/s1. The Labute approximate surface area is 160 Å². The lowest BCUT2D eigenvalue weighted by atomic mass is 10.2. The van der Waals surface area contributed by atoms with Gasteiger partial charge in [-0.25, -0.2) is 4.39 Å². The van der Waals surface area contributed by atoms with E-state index in [2.05, 4.69) is 15.5 Å². The molecule has 1 aromatic heterocycles. The molecule has 0 saturated carbocycles. The van der Waals surface area contributed by atoms with E-state index in [1.807, 2.05) is 6.92 Å². The van der Waals surface area contributed by atoms with Crippen molar-refractivity contribution in [1.29, 1.82) is 0 Å². The van der Waals surface area contributed by atoms with Crippen molar-refractivity contribution in [2.24, 2.45) is 0 Å². The Morgan fingerprint density at radius 3 is 2.56 bits per heavy atom. The fourth-order valence-corrected chi connectivity index (χ4v) is 2.90. The molecule has 3 aromatic rings. The van der Waals surface area contributed by atoms with Crippen LogP contribution < -0.4 is 10.1 Å². The summed E-state index contributed by atoms with van der Waals surface area (Å²) in [5, 5.41) is 10.5. The maximum absolute atomic E-state index is 13.0. The second kappa shape index (κ2) is 8.68. The van der Waals surface area contributed by atoms with E-state index in [4.69, 9.17) is 9.15 Å². The molecule has 0 saturated heterocycles. The first-order valence-corrected chi connectivity index (χ1v) is 9.23. The van der Waals surface area contributed by atoms with E-state index in [1.54, 1.807) is 43.3 Å². The number of amides is 1. The van der Waals surface area contributed by atoms with Crippen LogP contribution in [0.1, 0.15) is 13.8 Å². The van der Waals surface area contributed by atoms with Crippen LogP contribution in [-0.4, -0.2) is 28.0 Å². The summed E-state index contributed by atoms with van der Waals surface area (Å²) in [5.41, 5.74) is 1.29. The number of hydrogen-bond donors (Lipinski definition) is 1. The molecule has 0 fully saturated rings. The van der Waals surface area contributed by atoms with Gasteiger partial charge in [-0.3, -0.25) is 4.79 Å². The van der Waals surface area contributed by atoms with E-state index < -0.39 is 5.25 Å². The van der Waals surface area contributed by atoms with Crippen molar-refractivity contribution in [2.45, 2.75) is 24.3 Å². The molecule has 2 aromatic carbocycles. The highest BCUT2D eigenvalue weighted by molar-refractivity contribution is 8.00. The van der Waals surface area contributed by atoms with Gasteiger partial charge in [-0.05, 0) is 62.4 Å². The van der Waals surface area contributed by atoms with Gasteiger partial charge in [0.2, 0.25) is 11.8 Å². The molecule has 0 radical (unpaired) electrons. The van der Waals surface area contributed by atoms with Gasteiger partial charge in [-0.15, -0.1) is 10.2 Å². The van der Waals surface area contributed by atoms with Gasteiger partial charge in [0.1, 0.15) is 11.6 Å². The SMILES string of the molecule is CCOc1ccc(NC(=O)[C@@H](C)Sc2nnc(-c3ccc(F)cc3)o2)cc1. The fourth-order valence-electron chi connectivity index (χ4n) is 2.22. The number of nitrogens with zero attached hydrogens (tertiary/aromatic N) is 2. The van der Waals surface area contributed by atoms with Crippen LogP contribution in [-0.2, 0) is 4.79 Å². The van der Waals surface area contributed by atoms with Crippen molar-refractivity contribution in [3.05, 3.63) is 54.3 Å². The maximum atomic E-state index is 13.0. The summed E-state index contributed by atoms with van der Waals surface area (Å²) in [7, 11) is 0. The zero-order valence-electron chi connectivity index (χ0n) is 14.8. The van der Waals surface area contributed by atoms with Gasteiger partial charge >= 0.3 is 0 Å². The summed E-state index contributed by atoms with van der Waals surface area (Å²) < 4.78 is 23.9. The van der Waals surface area contributed by atoms with Crippen molar-refractivity contribution < 1.29 is 18.3 Å². The van der Waals surface area contributed by atoms with Crippen molar-refractivity contribution in [3.8, 4) is 17.2 Å². The van der Waals surface area contributed by atoms with Crippen LogP contribution in [0, 0.1) is 5.82 Å². The smallest absolute Gasteiger partial charge is 0.277 e. The molecule has 8 heteroatoms. The van der Waals surface area contributed by atoms with Gasteiger partial charge in [0.25, 0.3) is 5.22 Å². The molecule has 1 amide bonds. The summed E-state index contributed by atoms with van der Waals surface area (Å²) >= 11 is 1.15. The topological polar surface area (TPSA) is 77.2 Å². The Morgan fingerprint density at radius 2 is 1.89 bits per heavy atom. The molecule has 0 bridgehead atoms. The van der Waals surface area contributed by atoms with Crippen LogP contribution in [0.15, 0.2) is 58.2 Å². The minimum atomic E-state index is -0.446. The molecule has 0 aliphatic carbocycles. The van der Waals surface area contributed by atoms with Crippen molar-refractivity contribution in [3.63, 3.8) is 0 Å². The third kappa shape index (κ3) is 5.07. The minimum Gasteiger partial charge on any atom is -0.494 e. The van der Waals surface area contributed by atoms with E-state index in [0.717, 1.165) is 17.5 Å².